The Morgan fingerprint density at radius 2 is 1.90 bits per heavy atom. The van der Waals surface area contributed by atoms with Crippen molar-refractivity contribution in [2.75, 3.05) is 37.7 Å². The van der Waals surface area contributed by atoms with Gasteiger partial charge in [-0.15, -0.1) is 0 Å². The Hall–Kier alpha value is -2.22. The van der Waals surface area contributed by atoms with Crippen molar-refractivity contribution in [3.8, 4) is 0 Å². The third kappa shape index (κ3) is 5.93. The first-order valence-electron chi connectivity index (χ1n) is 11.0. The van der Waals surface area contributed by atoms with E-state index in [4.69, 9.17) is 16.3 Å². The van der Waals surface area contributed by atoms with Gasteiger partial charge in [0.25, 0.3) is 0 Å². The number of carbonyl (C=O) groups is 1. The Morgan fingerprint density at radius 3 is 2.58 bits per heavy atom. The van der Waals surface area contributed by atoms with Crippen LogP contribution in [0.3, 0.4) is 0 Å². The average Bonchev–Trinajstić information content (AvgIpc) is 2.80. The average molecular weight is 444 g/mol. The maximum Gasteiger partial charge on any atom is 0.225 e. The van der Waals surface area contributed by atoms with E-state index < -0.39 is 0 Å². The first kappa shape index (κ1) is 22.0. The molecule has 0 bridgehead atoms. The molecule has 1 aromatic heterocycles. The summed E-state index contributed by atoms with van der Waals surface area (Å²) in [5.41, 5.74) is 1.26. The minimum atomic E-state index is -0.0189. The number of piperidine rings is 1. The number of ether oxygens (including phenoxy) is 1. The van der Waals surface area contributed by atoms with Gasteiger partial charge in [-0.25, -0.2) is 9.97 Å². The van der Waals surface area contributed by atoms with Crippen LogP contribution in [-0.4, -0.2) is 71.7 Å². The van der Waals surface area contributed by atoms with Crippen LogP contribution in [0.15, 0.2) is 42.7 Å². The number of hydrogen-bond donors (Lipinski definition) is 1. The molecule has 8 heteroatoms. The Balaban J connectivity index is 1.42. The number of rotatable bonds is 6. The number of carbonyl (C=O) groups excluding carboxylic acids is 1. The van der Waals surface area contributed by atoms with Crippen molar-refractivity contribution in [2.45, 2.75) is 44.4 Å². The van der Waals surface area contributed by atoms with Gasteiger partial charge in [-0.1, -0.05) is 23.7 Å². The number of aromatic nitrogens is 2. The minimum absolute atomic E-state index is 0.0147. The van der Waals surface area contributed by atoms with Gasteiger partial charge in [-0.2, -0.15) is 0 Å². The van der Waals surface area contributed by atoms with E-state index in [1.165, 1.54) is 5.56 Å². The predicted molar refractivity (Wildman–Crippen MR) is 121 cm³/mol. The quantitative estimate of drug-likeness (QED) is 0.739. The second-order valence-corrected chi connectivity index (χ2v) is 8.78. The molecule has 4 rings (SSSR count). The summed E-state index contributed by atoms with van der Waals surface area (Å²) in [4.78, 5) is 25.0. The van der Waals surface area contributed by atoms with E-state index in [1.807, 2.05) is 18.2 Å². The number of amides is 1. The lowest BCUT2D eigenvalue weighted by Crippen LogP contribution is -2.58. The van der Waals surface area contributed by atoms with Crippen LogP contribution in [0.1, 0.15) is 25.3 Å². The van der Waals surface area contributed by atoms with Crippen LogP contribution >= 0.6 is 11.6 Å². The van der Waals surface area contributed by atoms with Crippen molar-refractivity contribution in [3.63, 3.8) is 0 Å². The first-order valence-corrected chi connectivity index (χ1v) is 11.3. The topological polar surface area (TPSA) is 70.6 Å². The maximum absolute atomic E-state index is 11.4. The lowest BCUT2D eigenvalue weighted by Gasteiger charge is -2.46. The summed E-state index contributed by atoms with van der Waals surface area (Å²) >= 11 is 6.06. The fourth-order valence-electron chi connectivity index (χ4n) is 4.53. The molecule has 1 aromatic carbocycles. The Morgan fingerprint density at radius 1 is 1.19 bits per heavy atom. The smallest absolute Gasteiger partial charge is 0.225 e. The summed E-state index contributed by atoms with van der Waals surface area (Å²) in [5, 5.41) is 3.66. The summed E-state index contributed by atoms with van der Waals surface area (Å²) in [6.45, 7) is 5.47. The van der Waals surface area contributed by atoms with Crippen molar-refractivity contribution in [3.05, 3.63) is 53.3 Å². The van der Waals surface area contributed by atoms with Gasteiger partial charge in [0.05, 0.1) is 12.7 Å². The normalized spacial score (nSPS) is 23.0. The van der Waals surface area contributed by atoms with Crippen LogP contribution < -0.4 is 10.2 Å². The molecule has 2 aliphatic rings. The Kier molecular flexibility index (Phi) is 7.37. The third-order valence-electron chi connectivity index (χ3n) is 6.14. The second kappa shape index (κ2) is 10.4. The number of morpholine rings is 1. The highest BCUT2D eigenvalue weighted by Gasteiger charge is 2.35. The van der Waals surface area contributed by atoms with E-state index >= 15 is 0 Å². The Bertz CT molecular complexity index is 843. The van der Waals surface area contributed by atoms with Gasteiger partial charge >= 0.3 is 0 Å². The van der Waals surface area contributed by atoms with Crippen LogP contribution in [0.2, 0.25) is 5.02 Å². The number of anilines is 1. The summed E-state index contributed by atoms with van der Waals surface area (Å²) in [6.07, 6.45) is 6.65. The number of nitrogens with zero attached hydrogens (tertiary/aromatic N) is 4. The largest absolute Gasteiger partial charge is 0.373 e. The molecule has 1 N–H and O–H groups in total. The molecule has 7 nitrogen and oxygen atoms in total. The third-order valence-corrected chi connectivity index (χ3v) is 6.39. The molecule has 1 amide bonds. The van der Waals surface area contributed by atoms with E-state index in [9.17, 15) is 4.79 Å². The molecule has 2 fully saturated rings. The molecule has 0 aliphatic carbocycles. The minimum Gasteiger partial charge on any atom is -0.373 e. The predicted octanol–water partition coefficient (Wildman–Crippen LogP) is 2.55. The molecular weight excluding hydrogens is 414 g/mol. The van der Waals surface area contributed by atoms with Gasteiger partial charge in [0.2, 0.25) is 11.9 Å². The fourth-order valence-corrected chi connectivity index (χ4v) is 4.65. The molecule has 2 saturated heterocycles. The fraction of sp³-hybridized carbons (Fsp3) is 0.522. The van der Waals surface area contributed by atoms with E-state index in [0.717, 1.165) is 49.9 Å². The molecule has 1 unspecified atom stereocenters. The molecule has 0 radical (unpaired) electrons. The van der Waals surface area contributed by atoms with Crippen molar-refractivity contribution in [2.24, 2.45) is 0 Å². The lowest BCUT2D eigenvalue weighted by molar-refractivity contribution is -0.121. The van der Waals surface area contributed by atoms with Gasteiger partial charge in [0.15, 0.2) is 0 Å². The summed E-state index contributed by atoms with van der Waals surface area (Å²) in [6, 6.07) is 10.7. The van der Waals surface area contributed by atoms with Crippen LogP contribution in [-0.2, 0) is 16.0 Å². The van der Waals surface area contributed by atoms with E-state index in [1.54, 1.807) is 19.3 Å². The van der Waals surface area contributed by atoms with Crippen LogP contribution in [0.4, 0.5) is 5.95 Å². The zero-order valence-corrected chi connectivity index (χ0v) is 18.7. The van der Waals surface area contributed by atoms with Gasteiger partial charge in [-0.05, 0) is 43.0 Å². The zero-order chi connectivity index (χ0) is 21.6. The molecule has 2 aliphatic heterocycles. The summed E-state index contributed by atoms with van der Waals surface area (Å²) < 4.78 is 6.14. The van der Waals surface area contributed by atoms with Crippen LogP contribution in [0.5, 0.6) is 0 Å². The Labute approximate surface area is 188 Å². The van der Waals surface area contributed by atoms with Gasteiger partial charge in [0, 0.05) is 62.6 Å². The van der Waals surface area contributed by atoms with E-state index in [-0.39, 0.29) is 12.0 Å². The molecule has 31 heavy (non-hydrogen) atoms. The molecule has 0 spiro atoms. The van der Waals surface area contributed by atoms with Gasteiger partial charge in [-0.3, -0.25) is 9.69 Å². The van der Waals surface area contributed by atoms with Crippen molar-refractivity contribution in [1.29, 1.82) is 0 Å². The second-order valence-electron chi connectivity index (χ2n) is 8.34. The SMILES string of the molecule is CC(=O)NC[C@H]1CN(C2CCN(c3ncccn3)CC2)C(Cc2ccc(Cl)cc2)CO1. The number of halogens is 1. The van der Waals surface area contributed by atoms with Crippen molar-refractivity contribution < 1.29 is 9.53 Å². The number of benzene rings is 1. The molecule has 2 atom stereocenters. The molecule has 2 aromatic rings. The lowest BCUT2D eigenvalue weighted by atomic mass is 9.96. The summed E-state index contributed by atoms with van der Waals surface area (Å²) in [5.74, 6) is 0.791. The van der Waals surface area contributed by atoms with Crippen molar-refractivity contribution in [1.82, 2.24) is 20.2 Å². The van der Waals surface area contributed by atoms with Crippen molar-refractivity contribution >= 4 is 23.5 Å². The monoisotopic (exact) mass is 443 g/mol. The van der Waals surface area contributed by atoms with Crippen LogP contribution in [0, 0.1) is 0 Å². The number of nitrogens with one attached hydrogen (secondary N) is 1. The molecule has 0 saturated carbocycles. The first-order chi connectivity index (χ1) is 15.1. The van der Waals surface area contributed by atoms with Crippen LogP contribution in [0.25, 0.3) is 0 Å². The standard InChI is InChI=1S/C23H30ClN5O2/c1-17(30)27-14-22-15-29(21(16-31-22)13-18-3-5-19(24)6-4-18)20-7-11-28(12-8-20)23-25-9-2-10-26-23/h2-6,9-10,20-22H,7-8,11-16H2,1H3,(H,27,30)/t21?,22-/m0/s1. The maximum atomic E-state index is 11.4. The van der Waals surface area contributed by atoms with Gasteiger partial charge in [0.1, 0.15) is 0 Å². The molecule has 166 valence electrons. The molecular formula is C23H30ClN5O2. The molecule has 3 heterocycles. The highest BCUT2D eigenvalue weighted by molar-refractivity contribution is 6.30. The number of hydrogen-bond acceptors (Lipinski definition) is 6. The summed E-state index contributed by atoms with van der Waals surface area (Å²) in [7, 11) is 0. The van der Waals surface area contributed by atoms with E-state index in [0.29, 0.717) is 25.2 Å². The van der Waals surface area contributed by atoms with E-state index in [2.05, 4.69) is 37.2 Å². The highest BCUT2D eigenvalue weighted by atomic mass is 35.5. The zero-order valence-electron chi connectivity index (χ0n) is 17.9. The highest BCUT2D eigenvalue weighted by Crippen LogP contribution is 2.26. The van der Waals surface area contributed by atoms with Gasteiger partial charge < -0.3 is 15.0 Å².